The van der Waals surface area contributed by atoms with Crippen LogP contribution in [0.15, 0.2) is 0 Å². The first-order chi connectivity index (χ1) is 33.3. The molecule has 0 unspecified atom stereocenters. The Morgan fingerprint density at radius 2 is 0.478 bits per heavy atom. The van der Waals surface area contributed by atoms with Crippen molar-refractivity contribution < 1.29 is 90.1 Å². The highest BCUT2D eigenvalue weighted by molar-refractivity contribution is 7.80. The summed E-state index contributed by atoms with van der Waals surface area (Å²) in [5.41, 5.74) is 0. The Bertz CT molecular complexity index is 911. The van der Waals surface area contributed by atoms with Gasteiger partial charge < -0.3 is 90.6 Å². The van der Waals surface area contributed by atoms with Crippen molar-refractivity contribution in [2.45, 2.75) is 44.9 Å². The number of thiol groups is 1. The van der Waals surface area contributed by atoms with Gasteiger partial charge in [0.1, 0.15) is 0 Å². The monoisotopic (exact) mass is 996 g/mol. The summed E-state index contributed by atoms with van der Waals surface area (Å²) in [5, 5.41) is 2.91. The second-order valence-corrected chi connectivity index (χ2v) is 14.8. The Hall–Kier alpha value is -0.900. The molecule has 0 aliphatic rings. The molecule has 0 aromatic rings. The minimum Gasteiger partial charge on any atom is -0.382 e. The predicted octanol–water partition coefficient (Wildman–Crippen LogP) is 2.69. The van der Waals surface area contributed by atoms with E-state index in [-0.39, 0.29) is 5.91 Å². The molecule has 0 aliphatic heterocycles. The number of carbonyl (C=O) groups excluding carboxylic acids is 1. The number of methoxy groups -OCH3 is 1. The van der Waals surface area contributed by atoms with Crippen LogP contribution in [-0.4, -0.2) is 257 Å². The van der Waals surface area contributed by atoms with Gasteiger partial charge in [-0.15, -0.1) is 0 Å². The molecule has 20 nitrogen and oxygen atoms in total. The van der Waals surface area contributed by atoms with Crippen molar-refractivity contribution in [1.82, 2.24) is 5.32 Å². The first-order valence-corrected chi connectivity index (χ1v) is 25.1. The topological polar surface area (TPSA) is 195 Å². The zero-order chi connectivity index (χ0) is 48.1. The van der Waals surface area contributed by atoms with E-state index < -0.39 is 0 Å². The molecule has 0 heterocycles. The smallest absolute Gasteiger partial charge is 0.220 e. The standard InChI is InChI=1S/C46H93NO19S/c1-49-11-12-51-15-16-53-19-20-55-23-24-57-27-28-59-31-32-61-35-36-63-39-40-65-43-44-66-42-41-64-38-37-62-34-33-60-30-29-58-26-25-56-22-21-54-18-17-52-14-13-50-10-7-5-3-2-4-6-9-47-46(48)8-45-67/h67H,2-45H2,1H3,(H,47,48). The summed E-state index contributed by atoms with van der Waals surface area (Å²) in [5.74, 6) is 0.689. The molecule has 0 atom stereocenters. The number of hydrogen-bond donors (Lipinski definition) is 2. The van der Waals surface area contributed by atoms with Gasteiger partial charge in [-0.25, -0.2) is 0 Å². The Balaban J connectivity index is 3.08. The SMILES string of the molecule is COCCOCCOCCOCCOCCOCCOCCOCCOCCOCCOCCOCCOCCOCCOCCOCCOCCOCCCCCCCCNC(=O)CCS. The molecule has 0 aliphatic carbocycles. The Kier molecular flexibility index (Phi) is 62.3. The molecule has 0 saturated heterocycles. The number of hydrogen-bond acceptors (Lipinski definition) is 20. The fourth-order valence-electron chi connectivity index (χ4n) is 5.22. The van der Waals surface area contributed by atoms with Crippen LogP contribution < -0.4 is 5.32 Å². The molecule has 1 N–H and O–H groups in total. The van der Waals surface area contributed by atoms with Crippen LogP contribution in [0.4, 0.5) is 0 Å². The summed E-state index contributed by atoms with van der Waals surface area (Å²) < 4.78 is 98.4. The van der Waals surface area contributed by atoms with Crippen molar-refractivity contribution in [2.24, 2.45) is 0 Å². The van der Waals surface area contributed by atoms with Gasteiger partial charge in [0.05, 0.1) is 225 Å². The summed E-state index contributed by atoms with van der Waals surface area (Å²) in [6.07, 6.45) is 7.28. The summed E-state index contributed by atoms with van der Waals surface area (Å²) in [6, 6.07) is 0. The maximum Gasteiger partial charge on any atom is 0.220 e. The Morgan fingerprint density at radius 3 is 0.701 bits per heavy atom. The lowest BCUT2D eigenvalue weighted by Gasteiger charge is -2.09. The average molecular weight is 996 g/mol. The van der Waals surface area contributed by atoms with Crippen LogP contribution in [0.2, 0.25) is 0 Å². The minimum atomic E-state index is 0.0919. The van der Waals surface area contributed by atoms with Gasteiger partial charge in [-0.2, -0.15) is 12.6 Å². The third-order valence-electron chi connectivity index (χ3n) is 8.76. The van der Waals surface area contributed by atoms with Crippen molar-refractivity contribution in [3.63, 3.8) is 0 Å². The van der Waals surface area contributed by atoms with Gasteiger partial charge in [0.25, 0.3) is 0 Å². The quantitative estimate of drug-likeness (QED) is 0.0667. The fourth-order valence-corrected chi connectivity index (χ4v) is 5.42. The lowest BCUT2D eigenvalue weighted by atomic mass is 10.1. The lowest BCUT2D eigenvalue weighted by molar-refractivity contribution is -0.120. The van der Waals surface area contributed by atoms with Crippen LogP contribution in [0.25, 0.3) is 0 Å². The molecule has 0 spiro atoms. The molecule has 67 heavy (non-hydrogen) atoms. The van der Waals surface area contributed by atoms with Crippen molar-refractivity contribution in [3.8, 4) is 0 Å². The second-order valence-electron chi connectivity index (χ2n) is 14.3. The molecule has 0 bridgehead atoms. The molecule has 0 fully saturated rings. The van der Waals surface area contributed by atoms with E-state index in [4.69, 9.17) is 85.3 Å². The minimum absolute atomic E-state index is 0.0919. The van der Waals surface area contributed by atoms with E-state index in [0.717, 1.165) is 38.8 Å². The number of nitrogens with one attached hydrogen (secondary N) is 1. The largest absolute Gasteiger partial charge is 0.382 e. The van der Waals surface area contributed by atoms with E-state index in [1.165, 1.54) is 12.8 Å². The molecule has 0 radical (unpaired) electrons. The van der Waals surface area contributed by atoms with E-state index in [2.05, 4.69) is 17.9 Å². The molecular formula is C46H93NO19S. The third kappa shape index (κ3) is 63.1. The van der Waals surface area contributed by atoms with Crippen LogP contribution in [0.3, 0.4) is 0 Å². The van der Waals surface area contributed by atoms with Gasteiger partial charge in [0.2, 0.25) is 5.91 Å². The van der Waals surface area contributed by atoms with Crippen LogP contribution in [0.1, 0.15) is 44.9 Å². The highest BCUT2D eigenvalue weighted by atomic mass is 32.1. The molecule has 0 saturated carbocycles. The number of carbonyl (C=O) groups is 1. The van der Waals surface area contributed by atoms with Crippen LogP contribution in [0.5, 0.6) is 0 Å². The predicted molar refractivity (Wildman–Crippen MR) is 255 cm³/mol. The lowest BCUT2D eigenvalue weighted by Crippen LogP contribution is -2.24. The van der Waals surface area contributed by atoms with E-state index in [0.29, 0.717) is 237 Å². The summed E-state index contributed by atoms with van der Waals surface area (Å²) in [6.45, 7) is 19.1. The van der Waals surface area contributed by atoms with E-state index >= 15 is 0 Å². The van der Waals surface area contributed by atoms with Gasteiger partial charge in [0, 0.05) is 26.7 Å². The molecule has 0 aromatic carbocycles. The van der Waals surface area contributed by atoms with E-state index in [1.54, 1.807) is 7.11 Å². The first kappa shape index (κ1) is 66.1. The highest BCUT2D eigenvalue weighted by Gasteiger charge is 2.00. The van der Waals surface area contributed by atoms with E-state index in [9.17, 15) is 4.79 Å². The summed E-state index contributed by atoms with van der Waals surface area (Å²) >= 11 is 4.06. The van der Waals surface area contributed by atoms with Gasteiger partial charge in [-0.05, 0) is 18.6 Å². The Morgan fingerprint density at radius 1 is 0.284 bits per heavy atom. The molecule has 402 valence electrons. The van der Waals surface area contributed by atoms with Gasteiger partial charge in [-0.1, -0.05) is 25.7 Å². The van der Waals surface area contributed by atoms with Crippen LogP contribution in [0, 0.1) is 0 Å². The third-order valence-corrected chi connectivity index (χ3v) is 8.98. The van der Waals surface area contributed by atoms with Crippen molar-refractivity contribution in [1.29, 1.82) is 0 Å². The summed E-state index contributed by atoms with van der Waals surface area (Å²) in [7, 11) is 1.64. The number of amides is 1. The fraction of sp³-hybridized carbons (Fsp3) is 0.978. The van der Waals surface area contributed by atoms with Gasteiger partial charge >= 0.3 is 0 Å². The maximum atomic E-state index is 11.4. The molecule has 21 heteroatoms. The van der Waals surface area contributed by atoms with Gasteiger partial charge in [-0.3, -0.25) is 4.79 Å². The van der Waals surface area contributed by atoms with Crippen molar-refractivity contribution in [3.05, 3.63) is 0 Å². The first-order valence-electron chi connectivity index (χ1n) is 24.5. The zero-order valence-corrected chi connectivity index (χ0v) is 42.2. The molecular weight excluding hydrogens is 903 g/mol. The normalized spacial score (nSPS) is 11.6. The summed E-state index contributed by atoms with van der Waals surface area (Å²) in [4.78, 5) is 11.4. The number of ether oxygens (including phenoxy) is 18. The maximum absolute atomic E-state index is 11.4. The molecule has 0 rings (SSSR count). The number of unbranched alkanes of at least 4 members (excludes halogenated alkanes) is 5. The highest BCUT2D eigenvalue weighted by Crippen LogP contribution is 2.05. The Labute approximate surface area is 408 Å². The second kappa shape index (κ2) is 63.1. The molecule has 0 aromatic heterocycles. The zero-order valence-electron chi connectivity index (χ0n) is 41.3. The number of rotatable bonds is 62. The van der Waals surface area contributed by atoms with E-state index in [1.807, 2.05) is 0 Å². The van der Waals surface area contributed by atoms with Crippen LogP contribution in [-0.2, 0) is 90.1 Å². The van der Waals surface area contributed by atoms with Gasteiger partial charge in [0.15, 0.2) is 0 Å². The average Bonchev–Trinajstić information content (AvgIpc) is 3.33. The van der Waals surface area contributed by atoms with Crippen molar-refractivity contribution in [2.75, 3.05) is 251 Å². The van der Waals surface area contributed by atoms with Crippen LogP contribution >= 0.6 is 12.6 Å². The molecule has 1 amide bonds. The van der Waals surface area contributed by atoms with Crippen molar-refractivity contribution >= 4 is 18.5 Å².